The highest BCUT2D eigenvalue weighted by atomic mass is 35.5. The molecular weight excluding hydrogens is 292 g/mol. The summed E-state index contributed by atoms with van der Waals surface area (Å²) >= 11 is 6.04. The molecule has 1 heterocycles. The van der Waals surface area contributed by atoms with Gasteiger partial charge in [-0.3, -0.25) is 9.59 Å². The van der Waals surface area contributed by atoms with Crippen molar-refractivity contribution in [3.63, 3.8) is 0 Å². The first-order valence-electron chi connectivity index (χ1n) is 6.86. The van der Waals surface area contributed by atoms with Crippen molar-refractivity contribution in [2.24, 2.45) is 11.7 Å². The molecule has 0 unspecified atom stereocenters. The lowest BCUT2D eigenvalue weighted by Crippen LogP contribution is -2.41. The number of ether oxygens (including phenoxy) is 1. The molecule has 0 bridgehead atoms. The first-order valence-corrected chi connectivity index (χ1v) is 7.24. The fourth-order valence-electron chi connectivity index (χ4n) is 2.70. The highest BCUT2D eigenvalue weighted by molar-refractivity contribution is 6.31. The molecule has 6 heteroatoms. The molecule has 5 nitrogen and oxygen atoms in total. The van der Waals surface area contributed by atoms with Gasteiger partial charge in [-0.15, -0.1) is 0 Å². The van der Waals surface area contributed by atoms with Gasteiger partial charge in [-0.1, -0.05) is 11.6 Å². The Morgan fingerprint density at radius 1 is 1.33 bits per heavy atom. The van der Waals surface area contributed by atoms with Crippen LogP contribution in [0.2, 0.25) is 5.02 Å². The second-order valence-electron chi connectivity index (χ2n) is 5.27. The van der Waals surface area contributed by atoms with E-state index < -0.39 is 0 Å². The number of hydrogen-bond donors (Lipinski definition) is 1. The van der Waals surface area contributed by atoms with Crippen LogP contribution >= 0.6 is 11.6 Å². The van der Waals surface area contributed by atoms with Gasteiger partial charge < -0.3 is 15.4 Å². The summed E-state index contributed by atoms with van der Waals surface area (Å²) in [6.45, 7) is 2.88. The van der Waals surface area contributed by atoms with Crippen LogP contribution in [-0.2, 0) is 4.79 Å². The average Bonchev–Trinajstić information content (AvgIpc) is 2.46. The molecular formula is C15H19ClN2O3. The van der Waals surface area contributed by atoms with E-state index in [1.54, 1.807) is 17.0 Å². The van der Waals surface area contributed by atoms with E-state index in [1.807, 2.05) is 6.92 Å². The summed E-state index contributed by atoms with van der Waals surface area (Å²) in [5.41, 5.74) is 6.58. The van der Waals surface area contributed by atoms with Crippen molar-refractivity contribution in [2.45, 2.75) is 19.8 Å². The number of benzene rings is 1. The number of amides is 2. The average molecular weight is 311 g/mol. The number of hydrogen-bond acceptors (Lipinski definition) is 3. The number of carbonyl (C=O) groups excluding carboxylic acids is 2. The van der Waals surface area contributed by atoms with Crippen molar-refractivity contribution in [3.05, 3.63) is 28.3 Å². The molecule has 0 aromatic heterocycles. The van der Waals surface area contributed by atoms with Crippen LogP contribution in [0, 0.1) is 12.8 Å². The van der Waals surface area contributed by atoms with Gasteiger partial charge in [0.15, 0.2) is 0 Å². The Balaban J connectivity index is 2.20. The summed E-state index contributed by atoms with van der Waals surface area (Å²) < 4.78 is 5.32. The zero-order chi connectivity index (χ0) is 15.6. The summed E-state index contributed by atoms with van der Waals surface area (Å²) in [5.74, 6) is -0.0166. The van der Waals surface area contributed by atoms with Gasteiger partial charge in [0.2, 0.25) is 5.91 Å². The molecule has 0 aliphatic carbocycles. The van der Waals surface area contributed by atoms with E-state index in [9.17, 15) is 9.59 Å². The standard InChI is InChI=1S/C15H19ClN2O3/c1-9-7-11(16)8-12(13(9)21-2)15(20)18-5-3-10(4-6-18)14(17)19/h7-8,10H,3-6H2,1-2H3,(H2,17,19). The second kappa shape index (κ2) is 6.35. The quantitative estimate of drug-likeness (QED) is 0.928. The summed E-state index contributed by atoms with van der Waals surface area (Å²) in [6.07, 6.45) is 1.20. The van der Waals surface area contributed by atoms with Gasteiger partial charge in [0.05, 0.1) is 12.7 Å². The highest BCUT2D eigenvalue weighted by Crippen LogP contribution is 2.29. The summed E-state index contributed by atoms with van der Waals surface area (Å²) in [6, 6.07) is 3.38. The minimum atomic E-state index is -0.293. The fraction of sp³-hybridized carbons (Fsp3) is 0.467. The van der Waals surface area contributed by atoms with Crippen molar-refractivity contribution < 1.29 is 14.3 Å². The molecule has 0 saturated carbocycles. The molecule has 2 N–H and O–H groups in total. The smallest absolute Gasteiger partial charge is 0.257 e. The third-order valence-corrected chi connectivity index (χ3v) is 4.08. The number of carbonyl (C=O) groups is 2. The maximum atomic E-state index is 12.6. The number of halogens is 1. The second-order valence-corrected chi connectivity index (χ2v) is 5.71. The monoisotopic (exact) mass is 310 g/mol. The molecule has 0 atom stereocenters. The van der Waals surface area contributed by atoms with E-state index in [2.05, 4.69) is 0 Å². The van der Waals surface area contributed by atoms with Gasteiger partial charge >= 0.3 is 0 Å². The van der Waals surface area contributed by atoms with Crippen LogP contribution in [0.4, 0.5) is 0 Å². The van der Waals surface area contributed by atoms with Crippen LogP contribution in [0.15, 0.2) is 12.1 Å². The minimum Gasteiger partial charge on any atom is -0.496 e. The van der Waals surface area contributed by atoms with Crippen LogP contribution in [0.1, 0.15) is 28.8 Å². The van der Waals surface area contributed by atoms with Crippen LogP contribution in [0.3, 0.4) is 0 Å². The number of piperidine rings is 1. The van der Waals surface area contributed by atoms with Crippen molar-refractivity contribution in [2.75, 3.05) is 20.2 Å². The van der Waals surface area contributed by atoms with Crippen LogP contribution in [0.5, 0.6) is 5.75 Å². The Hall–Kier alpha value is -1.75. The number of nitrogens with two attached hydrogens (primary N) is 1. The zero-order valence-corrected chi connectivity index (χ0v) is 12.9. The SMILES string of the molecule is COc1c(C)cc(Cl)cc1C(=O)N1CCC(C(N)=O)CC1. The molecule has 1 aliphatic heterocycles. The Labute approximate surface area is 129 Å². The molecule has 1 saturated heterocycles. The van der Waals surface area contributed by atoms with Gasteiger partial charge in [-0.2, -0.15) is 0 Å². The minimum absolute atomic E-state index is 0.125. The lowest BCUT2D eigenvalue weighted by atomic mass is 9.95. The molecule has 1 aliphatic rings. The van der Waals surface area contributed by atoms with E-state index in [0.717, 1.165) is 5.56 Å². The lowest BCUT2D eigenvalue weighted by Gasteiger charge is -2.31. The largest absolute Gasteiger partial charge is 0.496 e. The third-order valence-electron chi connectivity index (χ3n) is 3.86. The highest BCUT2D eigenvalue weighted by Gasteiger charge is 2.28. The first-order chi connectivity index (χ1) is 9.93. The van der Waals surface area contributed by atoms with Gasteiger partial charge in [0.25, 0.3) is 5.91 Å². The summed E-state index contributed by atoms with van der Waals surface area (Å²) in [7, 11) is 1.53. The van der Waals surface area contributed by atoms with E-state index in [-0.39, 0.29) is 17.7 Å². The Bertz CT molecular complexity index is 566. The van der Waals surface area contributed by atoms with E-state index in [4.69, 9.17) is 22.1 Å². The number of likely N-dealkylation sites (tertiary alicyclic amines) is 1. The van der Waals surface area contributed by atoms with Crippen molar-refractivity contribution in [3.8, 4) is 5.75 Å². The third kappa shape index (κ3) is 3.29. The predicted octanol–water partition coefficient (Wildman–Crippen LogP) is 1.99. The normalized spacial score (nSPS) is 15.9. The van der Waals surface area contributed by atoms with Crippen LogP contribution < -0.4 is 10.5 Å². The van der Waals surface area contributed by atoms with Gasteiger partial charge in [0.1, 0.15) is 5.75 Å². The molecule has 2 rings (SSSR count). The number of primary amides is 1. The van der Waals surface area contributed by atoms with Gasteiger partial charge in [0, 0.05) is 24.0 Å². The molecule has 0 radical (unpaired) electrons. The fourth-order valence-corrected chi connectivity index (χ4v) is 2.97. The molecule has 2 amide bonds. The Morgan fingerprint density at radius 3 is 2.48 bits per heavy atom. The van der Waals surface area contributed by atoms with E-state index in [1.165, 1.54) is 7.11 Å². The number of aryl methyl sites for hydroxylation is 1. The maximum Gasteiger partial charge on any atom is 0.257 e. The van der Waals surface area contributed by atoms with Crippen LogP contribution in [-0.4, -0.2) is 36.9 Å². The predicted molar refractivity (Wildman–Crippen MR) is 80.6 cm³/mol. The Kier molecular flexibility index (Phi) is 4.73. The molecule has 114 valence electrons. The molecule has 1 aromatic rings. The first kappa shape index (κ1) is 15.6. The maximum absolute atomic E-state index is 12.6. The van der Waals surface area contributed by atoms with Crippen LogP contribution in [0.25, 0.3) is 0 Å². The van der Waals surface area contributed by atoms with Crippen molar-refractivity contribution in [1.29, 1.82) is 0 Å². The number of rotatable bonds is 3. The molecule has 0 spiro atoms. The van der Waals surface area contributed by atoms with E-state index in [0.29, 0.717) is 42.3 Å². The van der Waals surface area contributed by atoms with Crippen molar-refractivity contribution >= 4 is 23.4 Å². The molecule has 1 aromatic carbocycles. The van der Waals surface area contributed by atoms with E-state index >= 15 is 0 Å². The summed E-state index contributed by atoms with van der Waals surface area (Å²) in [4.78, 5) is 25.5. The zero-order valence-electron chi connectivity index (χ0n) is 12.2. The van der Waals surface area contributed by atoms with Gasteiger partial charge in [-0.25, -0.2) is 0 Å². The molecule has 21 heavy (non-hydrogen) atoms. The Morgan fingerprint density at radius 2 is 1.95 bits per heavy atom. The summed E-state index contributed by atoms with van der Waals surface area (Å²) in [5, 5.41) is 0.503. The molecule has 1 fully saturated rings. The van der Waals surface area contributed by atoms with Crippen molar-refractivity contribution in [1.82, 2.24) is 4.90 Å². The topological polar surface area (TPSA) is 72.6 Å². The lowest BCUT2D eigenvalue weighted by molar-refractivity contribution is -0.123. The number of nitrogens with zero attached hydrogens (tertiary/aromatic N) is 1. The van der Waals surface area contributed by atoms with Gasteiger partial charge in [-0.05, 0) is 37.5 Å². The number of methoxy groups -OCH3 is 1.